The maximum Gasteiger partial charge on any atom is 0.313 e. The van der Waals surface area contributed by atoms with Crippen LogP contribution < -0.4 is 10.3 Å². The number of benzene rings is 1. The number of carbonyl (C=O) groups excluding carboxylic acids is 1. The Labute approximate surface area is 169 Å². The Hall–Kier alpha value is -2.66. The Morgan fingerprint density at radius 2 is 1.86 bits per heavy atom. The zero-order valence-electron chi connectivity index (χ0n) is 17.0. The van der Waals surface area contributed by atoms with Crippen molar-refractivity contribution in [2.24, 2.45) is 5.92 Å². The van der Waals surface area contributed by atoms with Crippen LogP contribution in [0.4, 0.5) is 0 Å². The molecule has 2 aromatic heterocycles. The number of thiophene rings is 1. The molecule has 0 aliphatic heterocycles. The second-order valence-corrected chi connectivity index (χ2v) is 8.29. The molecule has 0 atom stereocenters. The van der Waals surface area contributed by atoms with E-state index in [4.69, 9.17) is 4.74 Å². The van der Waals surface area contributed by atoms with Crippen molar-refractivity contribution in [3.8, 4) is 16.9 Å². The highest BCUT2D eigenvalue weighted by atomic mass is 32.1. The van der Waals surface area contributed by atoms with Crippen LogP contribution in [0.15, 0.2) is 41.0 Å². The first kappa shape index (κ1) is 20.1. The molecular formula is C23H25NO3S. The Morgan fingerprint density at radius 1 is 1.21 bits per heavy atom. The van der Waals surface area contributed by atoms with Crippen molar-refractivity contribution in [1.82, 2.24) is 4.57 Å². The van der Waals surface area contributed by atoms with Gasteiger partial charge in [-0.05, 0) is 48.9 Å². The molecule has 0 aliphatic rings. The van der Waals surface area contributed by atoms with Crippen molar-refractivity contribution >= 4 is 27.5 Å². The second-order valence-electron chi connectivity index (χ2n) is 7.40. The highest BCUT2D eigenvalue weighted by molar-refractivity contribution is 7.16. The summed E-state index contributed by atoms with van der Waals surface area (Å²) in [7, 11) is 0. The third kappa shape index (κ3) is 3.42. The molecule has 0 spiro atoms. The summed E-state index contributed by atoms with van der Waals surface area (Å²) in [6, 6.07) is 6.00. The van der Waals surface area contributed by atoms with Crippen LogP contribution >= 0.6 is 11.3 Å². The fourth-order valence-corrected chi connectivity index (χ4v) is 4.46. The molecule has 0 fully saturated rings. The molecule has 28 heavy (non-hydrogen) atoms. The van der Waals surface area contributed by atoms with Crippen LogP contribution in [-0.2, 0) is 11.3 Å². The minimum absolute atomic E-state index is 0.170. The van der Waals surface area contributed by atoms with Crippen LogP contribution in [-0.4, -0.2) is 10.5 Å². The first-order chi connectivity index (χ1) is 13.3. The molecule has 3 aromatic rings. The molecular weight excluding hydrogens is 370 g/mol. The van der Waals surface area contributed by atoms with Crippen LogP contribution in [0, 0.1) is 26.7 Å². The third-order valence-corrected chi connectivity index (χ3v) is 5.67. The minimum Gasteiger partial charge on any atom is -0.425 e. The predicted octanol–water partition coefficient (Wildman–Crippen LogP) is 5.40. The Morgan fingerprint density at radius 3 is 2.43 bits per heavy atom. The summed E-state index contributed by atoms with van der Waals surface area (Å²) in [5, 5.41) is 2.68. The summed E-state index contributed by atoms with van der Waals surface area (Å²) < 4.78 is 7.52. The molecule has 0 saturated heterocycles. The zero-order chi connectivity index (χ0) is 20.6. The van der Waals surface area contributed by atoms with E-state index in [1.165, 1.54) is 11.3 Å². The lowest BCUT2D eigenvalue weighted by atomic mass is 9.93. The van der Waals surface area contributed by atoms with E-state index in [0.29, 0.717) is 17.9 Å². The van der Waals surface area contributed by atoms with Gasteiger partial charge in [0.15, 0.2) is 5.75 Å². The summed E-state index contributed by atoms with van der Waals surface area (Å²) >= 11 is 1.46. The van der Waals surface area contributed by atoms with E-state index in [9.17, 15) is 9.59 Å². The van der Waals surface area contributed by atoms with Gasteiger partial charge in [-0.2, -0.15) is 0 Å². The first-order valence-corrected chi connectivity index (χ1v) is 10.2. The predicted molar refractivity (Wildman–Crippen MR) is 116 cm³/mol. The third-order valence-electron chi connectivity index (χ3n) is 4.73. The number of pyridine rings is 1. The van der Waals surface area contributed by atoms with Crippen LogP contribution in [0.5, 0.6) is 5.75 Å². The molecule has 2 heterocycles. The average Bonchev–Trinajstić information content (AvgIpc) is 3.09. The second kappa shape index (κ2) is 7.76. The van der Waals surface area contributed by atoms with E-state index in [1.54, 1.807) is 24.5 Å². The van der Waals surface area contributed by atoms with Gasteiger partial charge in [0.25, 0.3) is 5.56 Å². The number of allylic oxidation sites excluding steroid dienone is 1. The number of fused-ring (bicyclic) bond motifs is 1. The highest BCUT2D eigenvalue weighted by Gasteiger charge is 2.25. The van der Waals surface area contributed by atoms with Gasteiger partial charge in [0.2, 0.25) is 0 Å². The number of aryl methyl sites for hydroxylation is 3. The molecule has 0 aliphatic carbocycles. The lowest BCUT2D eigenvalue weighted by Crippen LogP contribution is -2.24. The topological polar surface area (TPSA) is 48.3 Å². The first-order valence-electron chi connectivity index (χ1n) is 9.31. The number of rotatable bonds is 5. The summed E-state index contributed by atoms with van der Waals surface area (Å²) in [5.41, 5.74) is 4.19. The number of ether oxygens (including phenoxy) is 1. The van der Waals surface area contributed by atoms with Crippen molar-refractivity contribution in [3.63, 3.8) is 0 Å². The number of esters is 1. The molecule has 146 valence electrons. The normalized spacial score (nSPS) is 11.2. The summed E-state index contributed by atoms with van der Waals surface area (Å²) in [6.45, 7) is 13.8. The number of aromatic nitrogens is 1. The molecule has 0 N–H and O–H groups in total. The molecule has 0 unspecified atom stereocenters. The lowest BCUT2D eigenvalue weighted by molar-refractivity contribution is -0.137. The number of hydrogen-bond donors (Lipinski definition) is 0. The standard InChI is InChI=1S/C23H25NO3S/c1-7-9-24-21(25)19(18-15(5)11-14(4)12-16(18)6)20(27-23(26)13(2)3)17-8-10-28-22(17)24/h7-8,10-13H,1,9H2,2-6H3. The van der Waals surface area contributed by atoms with Crippen molar-refractivity contribution in [1.29, 1.82) is 0 Å². The number of nitrogens with zero attached hydrogens (tertiary/aromatic N) is 1. The average molecular weight is 396 g/mol. The van der Waals surface area contributed by atoms with Gasteiger partial charge in [0, 0.05) is 6.54 Å². The van der Waals surface area contributed by atoms with Gasteiger partial charge in [-0.15, -0.1) is 17.9 Å². The Kier molecular flexibility index (Phi) is 5.57. The summed E-state index contributed by atoms with van der Waals surface area (Å²) in [6.07, 6.45) is 1.71. The van der Waals surface area contributed by atoms with E-state index in [2.05, 4.69) is 6.58 Å². The molecule has 3 rings (SSSR count). The summed E-state index contributed by atoms with van der Waals surface area (Å²) in [4.78, 5) is 26.8. The van der Waals surface area contributed by atoms with Gasteiger partial charge in [0.05, 0.1) is 16.9 Å². The van der Waals surface area contributed by atoms with E-state index in [1.807, 2.05) is 44.4 Å². The number of carbonyl (C=O) groups is 1. The smallest absolute Gasteiger partial charge is 0.313 e. The van der Waals surface area contributed by atoms with Crippen molar-refractivity contribution in [2.45, 2.75) is 41.2 Å². The molecule has 0 saturated carbocycles. The maximum atomic E-state index is 13.6. The van der Waals surface area contributed by atoms with Gasteiger partial charge < -0.3 is 4.74 Å². The van der Waals surface area contributed by atoms with E-state index < -0.39 is 0 Å². The van der Waals surface area contributed by atoms with Crippen molar-refractivity contribution < 1.29 is 9.53 Å². The van der Waals surface area contributed by atoms with Gasteiger partial charge in [-0.25, -0.2) is 0 Å². The fourth-order valence-electron chi connectivity index (χ4n) is 3.56. The van der Waals surface area contributed by atoms with E-state index in [-0.39, 0.29) is 17.4 Å². The van der Waals surface area contributed by atoms with E-state index >= 15 is 0 Å². The molecule has 0 amide bonds. The highest BCUT2D eigenvalue weighted by Crippen LogP contribution is 2.39. The quantitative estimate of drug-likeness (QED) is 0.429. The van der Waals surface area contributed by atoms with Crippen LogP contribution in [0.2, 0.25) is 0 Å². The van der Waals surface area contributed by atoms with Gasteiger partial charge in [-0.1, -0.05) is 37.6 Å². The SMILES string of the molecule is C=CCn1c(=O)c(-c2c(C)cc(C)cc2C)c(OC(=O)C(C)C)c2ccsc21. The molecule has 5 heteroatoms. The fraction of sp³-hybridized carbons (Fsp3) is 0.304. The Bertz CT molecular complexity index is 1110. The van der Waals surface area contributed by atoms with Gasteiger partial charge in [-0.3, -0.25) is 14.2 Å². The van der Waals surface area contributed by atoms with Gasteiger partial charge in [0.1, 0.15) is 4.83 Å². The van der Waals surface area contributed by atoms with Crippen molar-refractivity contribution in [3.05, 3.63) is 63.3 Å². The molecule has 1 aromatic carbocycles. The molecule has 0 radical (unpaired) electrons. The van der Waals surface area contributed by atoms with Gasteiger partial charge >= 0.3 is 5.97 Å². The number of hydrogen-bond acceptors (Lipinski definition) is 4. The zero-order valence-corrected chi connectivity index (χ0v) is 17.8. The van der Waals surface area contributed by atoms with Crippen molar-refractivity contribution in [2.75, 3.05) is 0 Å². The Balaban J connectivity index is 2.46. The van der Waals surface area contributed by atoms with Crippen LogP contribution in [0.3, 0.4) is 0 Å². The lowest BCUT2D eigenvalue weighted by Gasteiger charge is -2.19. The van der Waals surface area contributed by atoms with Crippen LogP contribution in [0.25, 0.3) is 21.3 Å². The maximum absolute atomic E-state index is 13.6. The largest absolute Gasteiger partial charge is 0.425 e. The molecule has 0 bridgehead atoms. The minimum atomic E-state index is -0.350. The summed E-state index contributed by atoms with van der Waals surface area (Å²) in [5.74, 6) is -0.287. The van der Waals surface area contributed by atoms with E-state index in [0.717, 1.165) is 32.5 Å². The monoisotopic (exact) mass is 395 g/mol. The molecule has 4 nitrogen and oxygen atoms in total. The van der Waals surface area contributed by atoms with Crippen LogP contribution in [0.1, 0.15) is 30.5 Å².